The molecule has 0 atom stereocenters. The number of halogens is 2. The standard InChI is InChI=1S/C15H13Cl2N3O5S/c16-10-7-11(17)9-12(8-10)19-15(21)5-6-18-26(24,25)14-3-1-13(2-4-14)20(22)23/h1-4,7-9,18H,5-6H2,(H,19,21). The molecule has 0 spiro atoms. The van der Waals surface area contributed by atoms with Gasteiger partial charge in [0.25, 0.3) is 5.69 Å². The van der Waals surface area contributed by atoms with E-state index in [2.05, 4.69) is 10.0 Å². The molecule has 0 aliphatic rings. The number of nitrogens with one attached hydrogen (secondary N) is 2. The average Bonchev–Trinajstić information content (AvgIpc) is 2.53. The second kappa shape index (κ2) is 8.45. The lowest BCUT2D eigenvalue weighted by molar-refractivity contribution is -0.384. The SMILES string of the molecule is O=C(CCNS(=O)(=O)c1ccc([N+](=O)[O-])cc1)Nc1cc(Cl)cc(Cl)c1. The Kier molecular flexibility index (Phi) is 6.54. The molecule has 0 saturated carbocycles. The molecule has 2 aromatic rings. The number of carbonyl (C=O) groups excluding carboxylic acids is 1. The zero-order valence-corrected chi connectivity index (χ0v) is 15.4. The molecule has 0 radical (unpaired) electrons. The zero-order valence-electron chi connectivity index (χ0n) is 13.1. The molecule has 1 amide bonds. The second-order valence-corrected chi connectivity index (χ2v) is 7.74. The summed E-state index contributed by atoms with van der Waals surface area (Å²) < 4.78 is 26.4. The van der Waals surface area contributed by atoms with Gasteiger partial charge >= 0.3 is 0 Å². The number of nitro benzene ring substituents is 1. The molecule has 0 aromatic heterocycles. The molecule has 0 heterocycles. The van der Waals surface area contributed by atoms with Crippen LogP contribution in [-0.2, 0) is 14.8 Å². The van der Waals surface area contributed by atoms with Crippen LogP contribution in [-0.4, -0.2) is 25.8 Å². The summed E-state index contributed by atoms with van der Waals surface area (Å²) in [5.41, 5.74) is 0.175. The van der Waals surface area contributed by atoms with E-state index in [-0.39, 0.29) is 23.5 Å². The van der Waals surface area contributed by atoms with Crippen LogP contribution in [0.1, 0.15) is 6.42 Å². The summed E-state index contributed by atoms with van der Waals surface area (Å²) in [4.78, 5) is 21.7. The van der Waals surface area contributed by atoms with Gasteiger partial charge in [-0.25, -0.2) is 13.1 Å². The van der Waals surface area contributed by atoms with Crippen molar-refractivity contribution in [3.05, 3.63) is 62.6 Å². The maximum absolute atomic E-state index is 12.1. The maximum atomic E-state index is 12.1. The number of hydrogen-bond donors (Lipinski definition) is 2. The van der Waals surface area contributed by atoms with E-state index in [1.54, 1.807) is 0 Å². The fourth-order valence-electron chi connectivity index (χ4n) is 1.98. The first kappa shape index (κ1) is 20.1. The van der Waals surface area contributed by atoms with E-state index in [4.69, 9.17) is 23.2 Å². The summed E-state index contributed by atoms with van der Waals surface area (Å²) in [6.07, 6.45) is -0.129. The summed E-state index contributed by atoms with van der Waals surface area (Å²) >= 11 is 11.7. The Morgan fingerprint density at radius 2 is 1.65 bits per heavy atom. The highest BCUT2D eigenvalue weighted by Gasteiger charge is 2.16. The van der Waals surface area contributed by atoms with Gasteiger partial charge in [-0.15, -0.1) is 0 Å². The van der Waals surface area contributed by atoms with Gasteiger partial charge in [0.15, 0.2) is 0 Å². The van der Waals surface area contributed by atoms with Crippen molar-refractivity contribution < 1.29 is 18.1 Å². The third-order valence-corrected chi connectivity index (χ3v) is 5.06. The number of nitro groups is 1. The van der Waals surface area contributed by atoms with Gasteiger partial charge in [0.2, 0.25) is 15.9 Å². The first-order valence-electron chi connectivity index (χ1n) is 7.17. The van der Waals surface area contributed by atoms with Gasteiger partial charge in [-0.3, -0.25) is 14.9 Å². The number of rotatable bonds is 7. The molecule has 0 fully saturated rings. The molecule has 2 N–H and O–H groups in total. The van der Waals surface area contributed by atoms with Crippen LogP contribution in [0.3, 0.4) is 0 Å². The molecule has 0 bridgehead atoms. The van der Waals surface area contributed by atoms with Gasteiger partial charge in [0, 0.05) is 40.8 Å². The zero-order chi connectivity index (χ0) is 19.3. The van der Waals surface area contributed by atoms with Gasteiger partial charge < -0.3 is 5.32 Å². The number of amides is 1. The van der Waals surface area contributed by atoms with Crippen LogP contribution in [0.4, 0.5) is 11.4 Å². The van der Waals surface area contributed by atoms with Crippen molar-refractivity contribution in [2.24, 2.45) is 0 Å². The van der Waals surface area contributed by atoms with E-state index in [1.807, 2.05) is 0 Å². The van der Waals surface area contributed by atoms with Crippen LogP contribution in [0.15, 0.2) is 47.4 Å². The monoisotopic (exact) mass is 417 g/mol. The first-order chi connectivity index (χ1) is 12.2. The molecule has 8 nitrogen and oxygen atoms in total. The van der Waals surface area contributed by atoms with Gasteiger partial charge in [-0.2, -0.15) is 0 Å². The Hall–Kier alpha value is -2.20. The molecular formula is C15H13Cl2N3O5S. The van der Waals surface area contributed by atoms with Crippen molar-refractivity contribution in [2.45, 2.75) is 11.3 Å². The number of sulfonamides is 1. The number of benzene rings is 2. The molecule has 26 heavy (non-hydrogen) atoms. The minimum atomic E-state index is -3.88. The van der Waals surface area contributed by atoms with Crippen molar-refractivity contribution in [2.75, 3.05) is 11.9 Å². The molecular weight excluding hydrogens is 405 g/mol. The number of anilines is 1. The van der Waals surface area contributed by atoms with E-state index in [0.29, 0.717) is 15.7 Å². The highest BCUT2D eigenvalue weighted by Crippen LogP contribution is 2.22. The van der Waals surface area contributed by atoms with Crippen LogP contribution < -0.4 is 10.0 Å². The quantitative estimate of drug-likeness (QED) is 0.529. The van der Waals surface area contributed by atoms with Gasteiger partial charge in [0.05, 0.1) is 9.82 Å². The smallest absolute Gasteiger partial charge is 0.269 e. The molecule has 11 heteroatoms. The lowest BCUT2D eigenvalue weighted by Crippen LogP contribution is -2.27. The molecule has 2 aromatic carbocycles. The summed E-state index contributed by atoms with van der Waals surface area (Å²) in [6.45, 7) is -0.153. The number of non-ortho nitro benzene ring substituents is 1. The minimum absolute atomic E-state index is 0.129. The minimum Gasteiger partial charge on any atom is -0.326 e. The normalized spacial score (nSPS) is 11.2. The molecule has 0 aliphatic heterocycles. The highest BCUT2D eigenvalue weighted by atomic mass is 35.5. The molecule has 2 rings (SSSR count). The fraction of sp³-hybridized carbons (Fsp3) is 0.133. The largest absolute Gasteiger partial charge is 0.326 e. The van der Waals surface area contributed by atoms with Crippen molar-refractivity contribution in [3.63, 3.8) is 0 Å². The van der Waals surface area contributed by atoms with E-state index < -0.39 is 20.9 Å². The second-order valence-electron chi connectivity index (χ2n) is 5.11. The molecule has 0 aliphatic carbocycles. The molecule has 0 unspecified atom stereocenters. The van der Waals surface area contributed by atoms with Crippen molar-refractivity contribution in [1.29, 1.82) is 0 Å². The summed E-state index contributed by atoms with van der Waals surface area (Å²) in [5.74, 6) is -0.435. The van der Waals surface area contributed by atoms with E-state index in [1.165, 1.54) is 18.2 Å². The number of nitrogens with zero attached hydrogens (tertiary/aromatic N) is 1. The van der Waals surface area contributed by atoms with Crippen molar-refractivity contribution in [1.82, 2.24) is 4.72 Å². The molecule has 138 valence electrons. The van der Waals surface area contributed by atoms with Crippen LogP contribution >= 0.6 is 23.2 Å². The summed E-state index contributed by atoms with van der Waals surface area (Å²) in [6, 6.07) is 8.94. The predicted molar refractivity (Wildman–Crippen MR) is 98.0 cm³/mol. The van der Waals surface area contributed by atoms with Crippen molar-refractivity contribution in [3.8, 4) is 0 Å². The van der Waals surface area contributed by atoms with Crippen LogP contribution in [0.5, 0.6) is 0 Å². The van der Waals surface area contributed by atoms with Gasteiger partial charge in [0.1, 0.15) is 0 Å². The maximum Gasteiger partial charge on any atom is 0.269 e. The van der Waals surface area contributed by atoms with Gasteiger partial charge in [-0.1, -0.05) is 23.2 Å². The lowest BCUT2D eigenvalue weighted by Gasteiger charge is -2.08. The Labute approximate surface area is 159 Å². The number of hydrogen-bond acceptors (Lipinski definition) is 5. The van der Waals surface area contributed by atoms with Crippen LogP contribution in [0, 0.1) is 10.1 Å². The van der Waals surface area contributed by atoms with E-state index in [9.17, 15) is 23.3 Å². The van der Waals surface area contributed by atoms with Crippen LogP contribution in [0.25, 0.3) is 0 Å². The van der Waals surface area contributed by atoms with Crippen molar-refractivity contribution >= 4 is 50.5 Å². The fourth-order valence-corrected chi connectivity index (χ4v) is 3.54. The first-order valence-corrected chi connectivity index (χ1v) is 9.41. The summed E-state index contributed by atoms with van der Waals surface area (Å²) in [7, 11) is -3.88. The molecule has 0 saturated heterocycles. The Balaban J connectivity index is 1.91. The highest BCUT2D eigenvalue weighted by molar-refractivity contribution is 7.89. The number of carbonyl (C=O) groups is 1. The van der Waals surface area contributed by atoms with Gasteiger partial charge in [-0.05, 0) is 30.3 Å². The third-order valence-electron chi connectivity index (χ3n) is 3.15. The predicted octanol–water partition coefficient (Wildman–Crippen LogP) is 3.21. The Morgan fingerprint density at radius 3 is 2.19 bits per heavy atom. The topological polar surface area (TPSA) is 118 Å². The third kappa shape index (κ3) is 5.67. The Bertz CT molecular complexity index is 913. The average molecular weight is 418 g/mol. The Morgan fingerprint density at radius 1 is 1.08 bits per heavy atom. The summed E-state index contributed by atoms with van der Waals surface area (Å²) in [5, 5.41) is 13.8. The lowest BCUT2D eigenvalue weighted by atomic mass is 10.3. The van der Waals surface area contributed by atoms with Crippen LogP contribution in [0.2, 0.25) is 10.0 Å². The van der Waals surface area contributed by atoms with E-state index >= 15 is 0 Å². The van der Waals surface area contributed by atoms with E-state index in [0.717, 1.165) is 24.3 Å².